The molecule has 21 heavy (non-hydrogen) atoms. The van der Waals surface area contributed by atoms with E-state index >= 15 is 0 Å². The molecular weight excluding hydrogens is 282 g/mol. The van der Waals surface area contributed by atoms with Gasteiger partial charge in [-0.3, -0.25) is 0 Å². The lowest BCUT2D eigenvalue weighted by Crippen LogP contribution is -2.60. The van der Waals surface area contributed by atoms with Gasteiger partial charge in [-0.1, -0.05) is 0 Å². The Morgan fingerprint density at radius 2 is 1.86 bits per heavy atom. The Labute approximate surface area is 122 Å². The molecule has 0 amide bonds. The summed E-state index contributed by atoms with van der Waals surface area (Å²) in [7, 11) is 0. The maximum Gasteiger partial charge on any atom is 0.376 e. The van der Waals surface area contributed by atoms with Crippen LogP contribution in [0.4, 0.5) is 8.78 Å². The number of aliphatic hydroxyl groups is 1. The summed E-state index contributed by atoms with van der Waals surface area (Å²) in [5.41, 5.74) is -0.961. The largest absolute Gasteiger partial charge is 0.459 e. The van der Waals surface area contributed by atoms with Gasteiger partial charge in [-0.15, -0.1) is 0 Å². The summed E-state index contributed by atoms with van der Waals surface area (Å²) in [6, 6.07) is 0. The molecule has 4 aliphatic carbocycles. The smallest absolute Gasteiger partial charge is 0.376 e. The van der Waals surface area contributed by atoms with Crippen LogP contribution >= 0.6 is 0 Å². The molecule has 0 aromatic rings. The molecule has 6 heteroatoms. The van der Waals surface area contributed by atoms with Crippen molar-refractivity contribution in [2.75, 3.05) is 13.2 Å². The standard InChI is InChI=1S/C15H22F2O4/c1-13(16,17)12(18)20-2-3-21-15-7-10-4-11(8-15)6-14(19,5-10)9-15/h10-11,19H,2-9H2,1H3. The predicted molar refractivity (Wildman–Crippen MR) is 69.9 cm³/mol. The Bertz CT molecular complexity index is 418. The van der Waals surface area contributed by atoms with Crippen LogP contribution < -0.4 is 0 Å². The molecular formula is C15H22F2O4. The zero-order chi connectivity index (χ0) is 15.3. The fourth-order valence-corrected chi connectivity index (χ4v) is 4.82. The molecule has 0 heterocycles. The van der Waals surface area contributed by atoms with Crippen molar-refractivity contribution in [3.63, 3.8) is 0 Å². The van der Waals surface area contributed by atoms with Gasteiger partial charge in [0.15, 0.2) is 0 Å². The van der Waals surface area contributed by atoms with E-state index in [1.807, 2.05) is 0 Å². The third kappa shape index (κ3) is 3.06. The van der Waals surface area contributed by atoms with Gasteiger partial charge in [0.2, 0.25) is 0 Å². The SMILES string of the molecule is CC(F)(F)C(=O)OCCOC12CC3CC(CC(O)(C3)C1)C2. The van der Waals surface area contributed by atoms with Gasteiger partial charge < -0.3 is 14.6 Å². The van der Waals surface area contributed by atoms with Gasteiger partial charge in [-0.05, 0) is 43.9 Å². The van der Waals surface area contributed by atoms with Gasteiger partial charge in [0.25, 0.3) is 0 Å². The number of carbonyl (C=O) groups excluding carboxylic acids is 1. The number of rotatable bonds is 5. The summed E-state index contributed by atoms with van der Waals surface area (Å²) in [5.74, 6) is -3.98. The van der Waals surface area contributed by atoms with E-state index in [1.54, 1.807) is 0 Å². The fraction of sp³-hybridized carbons (Fsp3) is 0.933. The number of hydrogen-bond acceptors (Lipinski definition) is 4. The quantitative estimate of drug-likeness (QED) is 0.625. The molecule has 4 aliphatic rings. The van der Waals surface area contributed by atoms with Gasteiger partial charge in [0.1, 0.15) is 6.61 Å². The van der Waals surface area contributed by atoms with Crippen LogP contribution in [0, 0.1) is 11.8 Å². The lowest BCUT2D eigenvalue weighted by atomic mass is 9.52. The molecule has 0 radical (unpaired) electrons. The molecule has 0 aromatic carbocycles. The first-order valence-corrected chi connectivity index (χ1v) is 7.61. The normalized spacial score (nSPS) is 41.3. The van der Waals surface area contributed by atoms with E-state index in [0.29, 0.717) is 25.2 Å². The minimum atomic E-state index is -3.46. The van der Waals surface area contributed by atoms with Gasteiger partial charge in [0.05, 0.1) is 17.8 Å². The topological polar surface area (TPSA) is 55.8 Å². The zero-order valence-electron chi connectivity index (χ0n) is 12.2. The molecule has 0 spiro atoms. The van der Waals surface area contributed by atoms with E-state index in [4.69, 9.17) is 4.74 Å². The molecule has 4 rings (SSSR count). The maximum absolute atomic E-state index is 12.7. The molecule has 2 unspecified atom stereocenters. The molecule has 0 aliphatic heterocycles. The van der Waals surface area contributed by atoms with Crippen LogP contribution in [-0.4, -0.2) is 41.4 Å². The Morgan fingerprint density at radius 3 is 2.38 bits per heavy atom. The van der Waals surface area contributed by atoms with Crippen molar-refractivity contribution in [2.45, 2.75) is 62.6 Å². The summed E-state index contributed by atoms with van der Waals surface area (Å²) < 4.78 is 35.7. The highest BCUT2D eigenvalue weighted by Gasteiger charge is 2.57. The van der Waals surface area contributed by atoms with Crippen molar-refractivity contribution >= 4 is 5.97 Å². The molecule has 4 saturated carbocycles. The number of halogens is 2. The van der Waals surface area contributed by atoms with E-state index in [-0.39, 0.29) is 18.8 Å². The third-order valence-electron chi connectivity index (χ3n) is 5.06. The number of esters is 1. The molecule has 2 atom stereocenters. The lowest BCUT2D eigenvalue weighted by molar-refractivity contribution is -0.224. The molecule has 0 saturated heterocycles. The van der Waals surface area contributed by atoms with E-state index in [2.05, 4.69) is 4.74 Å². The minimum Gasteiger partial charge on any atom is -0.459 e. The molecule has 4 nitrogen and oxygen atoms in total. The summed E-state index contributed by atoms with van der Waals surface area (Å²) in [6.07, 6.45) is 5.32. The lowest BCUT2D eigenvalue weighted by Gasteiger charge is -2.59. The van der Waals surface area contributed by atoms with Crippen molar-refractivity contribution in [3.05, 3.63) is 0 Å². The first-order chi connectivity index (χ1) is 9.70. The van der Waals surface area contributed by atoms with Crippen LogP contribution in [-0.2, 0) is 14.3 Å². The Hall–Kier alpha value is -0.750. The van der Waals surface area contributed by atoms with Crippen molar-refractivity contribution in [1.29, 1.82) is 0 Å². The maximum atomic E-state index is 12.7. The van der Waals surface area contributed by atoms with Crippen molar-refractivity contribution < 1.29 is 28.2 Å². The summed E-state index contributed by atoms with van der Waals surface area (Å²) in [6.45, 7) is 0.458. The first kappa shape index (κ1) is 15.2. The van der Waals surface area contributed by atoms with Crippen LogP contribution in [0.3, 0.4) is 0 Å². The highest BCUT2D eigenvalue weighted by molar-refractivity contribution is 5.76. The number of alkyl halides is 2. The Morgan fingerprint density at radius 1 is 1.24 bits per heavy atom. The van der Waals surface area contributed by atoms with Crippen molar-refractivity contribution in [3.8, 4) is 0 Å². The molecule has 1 N–H and O–H groups in total. The van der Waals surface area contributed by atoms with Gasteiger partial charge in [0, 0.05) is 13.3 Å². The highest BCUT2D eigenvalue weighted by atomic mass is 19.3. The molecule has 4 fully saturated rings. The van der Waals surface area contributed by atoms with Gasteiger partial charge >= 0.3 is 11.9 Å². The van der Waals surface area contributed by atoms with Gasteiger partial charge in [-0.2, -0.15) is 8.78 Å². The first-order valence-electron chi connectivity index (χ1n) is 7.61. The Balaban J connectivity index is 1.51. The summed E-state index contributed by atoms with van der Waals surface area (Å²) in [4.78, 5) is 11.0. The second kappa shape index (κ2) is 4.88. The van der Waals surface area contributed by atoms with Crippen LogP contribution in [0.1, 0.15) is 45.4 Å². The van der Waals surface area contributed by atoms with E-state index in [0.717, 1.165) is 32.1 Å². The van der Waals surface area contributed by atoms with E-state index < -0.39 is 17.5 Å². The average molecular weight is 304 g/mol. The van der Waals surface area contributed by atoms with E-state index in [9.17, 15) is 18.7 Å². The molecule has 120 valence electrons. The molecule has 4 bridgehead atoms. The number of hydrogen-bond donors (Lipinski definition) is 1. The third-order valence-corrected chi connectivity index (χ3v) is 5.06. The zero-order valence-corrected chi connectivity index (χ0v) is 12.2. The second-order valence-electron chi connectivity index (χ2n) is 7.24. The minimum absolute atomic E-state index is 0.108. The van der Waals surface area contributed by atoms with Crippen LogP contribution in [0.5, 0.6) is 0 Å². The highest BCUT2D eigenvalue weighted by Crippen LogP contribution is 2.58. The summed E-state index contributed by atoms with van der Waals surface area (Å²) >= 11 is 0. The number of carbonyl (C=O) groups is 1. The average Bonchev–Trinajstić information content (AvgIpc) is 2.30. The second-order valence-corrected chi connectivity index (χ2v) is 7.24. The van der Waals surface area contributed by atoms with Crippen molar-refractivity contribution in [1.82, 2.24) is 0 Å². The number of ether oxygens (including phenoxy) is 2. The summed E-state index contributed by atoms with van der Waals surface area (Å²) in [5, 5.41) is 10.6. The fourth-order valence-electron chi connectivity index (χ4n) is 4.82. The monoisotopic (exact) mass is 304 g/mol. The predicted octanol–water partition coefficient (Wildman–Crippen LogP) is 2.29. The van der Waals surface area contributed by atoms with Crippen LogP contribution in [0.2, 0.25) is 0 Å². The van der Waals surface area contributed by atoms with Gasteiger partial charge in [-0.25, -0.2) is 4.79 Å². The molecule has 0 aromatic heterocycles. The van der Waals surface area contributed by atoms with Crippen LogP contribution in [0.25, 0.3) is 0 Å². The van der Waals surface area contributed by atoms with E-state index in [1.165, 1.54) is 0 Å². The Kier molecular flexibility index (Phi) is 3.52. The van der Waals surface area contributed by atoms with Crippen molar-refractivity contribution in [2.24, 2.45) is 11.8 Å². The van der Waals surface area contributed by atoms with Crippen LogP contribution in [0.15, 0.2) is 0 Å².